The number of para-hydroxylation sites is 1. The average Bonchev–Trinajstić information content (AvgIpc) is 3.08. The zero-order chi connectivity index (χ0) is 21.0. The van der Waals surface area contributed by atoms with E-state index < -0.39 is 0 Å². The fraction of sp³-hybridized carbons (Fsp3) is 0.500. The van der Waals surface area contributed by atoms with Crippen molar-refractivity contribution in [3.05, 3.63) is 53.7 Å². The molecule has 3 rings (SSSR count). The van der Waals surface area contributed by atoms with Gasteiger partial charge in [-0.3, -0.25) is 0 Å². The Bertz CT molecular complexity index is 782. The Labute approximate surface area is 180 Å². The minimum Gasteiger partial charge on any atom is -0.496 e. The van der Waals surface area contributed by atoms with Gasteiger partial charge in [-0.15, -0.1) is 0 Å². The van der Waals surface area contributed by atoms with Crippen molar-refractivity contribution in [1.29, 1.82) is 0 Å². The number of nitrogens with zero attached hydrogens (tertiary/aromatic N) is 3. The van der Waals surface area contributed by atoms with Gasteiger partial charge in [0.15, 0.2) is 5.96 Å². The summed E-state index contributed by atoms with van der Waals surface area (Å²) in [7, 11) is 1.71. The Morgan fingerprint density at radius 2 is 1.87 bits per heavy atom. The van der Waals surface area contributed by atoms with E-state index in [2.05, 4.69) is 40.7 Å². The van der Waals surface area contributed by atoms with E-state index >= 15 is 0 Å². The normalized spacial score (nSPS) is 14.9. The van der Waals surface area contributed by atoms with Crippen LogP contribution in [0.2, 0.25) is 0 Å². The third-order valence-corrected chi connectivity index (χ3v) is 5.38. The zero-order valence-electron chi connectivity index (χ0n) is 18.4. The highest BCUT2D eigenvalue weighted by Gasteiger charge is 2.10. The quantitative estimate of drug-likeness (QED) is 0.513. The SMILES string of the molecule is CCNC(=NCc1ccc(N2CCCCCC2)nc1)NCCc1ccccc1OC. The third kappa shape index (κ3) is 6.65. The van der Waals surface area contributed by atoms with E-state index in [1.807, 2.05) is 24.4 Å². The van der Waals surface area contributed by atoms with Gasteiger partial charge in [-0.2, -0.15) is 0 Å². The van der Waals surface area contributed by atoms with Gasteiger partial charge in [0.25, 0.3) is 0 Å². The molecular weight excluding hydrogens is 374 g/mol. The fourth-order valence-electron chi connectivity index (χ4n) is 3.73. The van der Waals surface area contributed by atoms with E-state index in [1.54, 1.807) is 7.11 Å². The molecule has 1 aliphatic rings. The van der Waals surface area contributed by atoms with Crippen LogP contribution in [0.3, 0.4) is 0 Å². The minimum atomic E-state index is 0.608. The molecule has 0 radical (unpaired) electrons. The molecule has 1 aromatic heterocycles. The van der Waals surface area contributed by atoms with Crippen LogP contribution in [0, 0.1) is 0 Å². The Hall–Kier alpha value is -2.76. The topological polar surface area (TPSA) is 61.8 Å². The third-order valence-electron chi connectivity index (χ3n) is 5.38. The number of anilines is 1. The van der Waals surface area contributed by atoms with Gasteiger partial charge in [-0.25, -0.2) is 9.98 Å². The first-order chi connectivity index (χ1) is 14.8. The largest absolute Gasteiger partial charge is 0.496 e. The van der Waals surface area contributed by atoms with Crippen molar-refractivity contribution in [2.75, 3.05) is 38.2 Å². The standard InChI is InChI=1S/C24H35N5O/c1-3-25-24(26-15-14-21-10-6-7-11-22(21)30-2)28-19-20-12-13-23(27-18-20)29-16-8-4-5-9-17-29/h6-7,10-13,18H,3-5,8-9,14-17,19H2,1-2H3,(H2,25,26,28). The lowest BCUT2D eigenvalue weighted by atomic mass is 10.1. The van der Waals surface area contributed by atoms with Crippen LogP contribution in [0.15, 0.2) is 47.6 Å². The maximum atomic E-state index is 5.43. The number of rotatable bonds is 8. The summed E-state index contributed by atoms with van der Waals surface area (Å²) < 4.78 is 5.43. The van der Waals surface area contributed by atoms with Crippen molar-refractivity contribution in [2.24, 2.45) is 4.99 Å². The summed E-state index contributed by atoms with van der Waals surface area (Å²) in [6.45, 7) is 6.54. The number of aliphatic imine (C=N–C) groups is 1. The summed E-state index contributed by atoms with van der Waals surface area (Å²) >= 11 is 0. The smallest absolute Gasteiger partial charge is 0.191 e. The second-order valence-corrected chi connectivity index (χ2v) is 7.61. The van der Waals surface area contributed by atoms with Crippen LogP contribution in [0.5, 0.6) is 5.75 Å². The molecule has 162 valence electrons. The average molecular weight is 410 g/mol. The summed E-state index contributed by atoms with van der Waals surface area (Å²) in [6.07, 6.45) is 8.03. The van der Waals surface area contributed by atoms with E-state index in [9.17, 15) is 0 Å². The molecule has 0 unspecified atom stereocenters. The Balaban J connectivity index is 1.53. The van der Waals surface area contributed by atoms with Crippen molar-refractivity contribution in [3.63, 3.8) is 0 Å². The van der Waals surface area contributed by atoms with Gasteiger partial charge in [0.1, 0.15) is 11.6 Å². The molecule has 1 aromatic carbocycles. The van der Waals surface area contributed by atoms with Gasteiger partial charge >= 0.3 is 0 Å². The van der Waals surface area contributed by atoms with Crippen LogP contribution in [-0.2, 0) is 13.0 Å². The Morgan fingerprint density at radius 1 is 1.07 bits per heavy atom. The number of aromatic nitrogens is 1. The van der Waals surface area contributed by atoms with E-state index in [-0.39, 0.29) is 0 Å². The lowest BCUT2D eigenvalue weighted by Crippen LogP contribution is -2.38. The molecule has 2 aromatic rings. The molecule has 2 N–H and O–H groups in total. The number of benzene rings is 1. The summed E-state index contributed by atoms with van der Waals surface area (Å²) in [6, 6.07) is 12.4. The van der Waals surface area contributed by atoms with Gasteiger partial charge in [-0.1, -0.05) is 37.1 Å². The van der Waals surface area contributed by atoms with Gasteiger partial charge in [0, 0.05) is 32.4 Å². The molecule has 0 spiro atoms. The van der Waals surface area contributed by atoms with E-state index in [1.165, 1.54) is 31.2 Å². The first-order valence-electron chi connectivity index (χ1n) is 11.1. The molecule has 0 atom stereocenters. The fourth-order valence-corrected chi connectivity index (χ4v) is 3.73. The van der Waals surface area contributed by atoms with Crippen molar-refractivity contribution in [3.8, 4) is 5.75 Å². The number of ether oxygens (including phenoxy) is 1. The molecule has 1 saturated heterocycles. The second kappa shape index (κ2) is 12.1. The Morgan fingerprint density at radius 3 is 2.57 bits per heavy atom. The monoisotopic (exact) mass is 409 g/mol. The van der Waals surface area contributed by atoms with Crippen LogP contribution >= 0.6 is 0 Å². The van der Waals surface area contributed by atoms with E-state index in [0.29, 0.717) is 6.54 Å². The maximum absolute atomic E-state index is 5.43. The molecule has 1 aliphatic heterocycles. The highest BCUT2D eigenvalue weighted by molar-refractivity contribution is 5.79. The number of methoxy groups -OCH3 is 1. The highest BCUT2D eigenvalue weighted by Crippen LogP contribution is 2.18. The minimum absolute atomic E-state index is 0.608. The van der Waals surface area contributed by atoms with Crippen molar-refractivity contribution >= 4 is 11.8 Å². The van der Waals surface area contributed by atoms with Gasteiger partial charge in [0.05, 0.1) is 13.7 Å². The van der Waals surface area contributed by atoms with Crippen LogP contribution in [0.1, 0.15) is 43.7 Å². The maximum Gasteiger partial charge on any atom is 0.191 e. The molecule has 0 bridgehead atoms. The van der Waals surface area contributed by atoms with Crippen LogP contribution in [0.25, 0.3) is 0 Å². The predicted molar refractivity (Wildman–Crippen MR) is 124 cm³/mol. The summed E-state index contributed by atoms with van der Waals surface area (Å²) in [4.78, 5) is 11.8. The van der Waals surface area contributed by atoms with Crippen molar-refractivity contribution in [2.45, 2.75) is 45.6 Å². The first-order valence-corrected chi connectivity index (χ1v) is 11.1. The van der Waals surface area contributed by atoms with Crippen LogP contribution < -0.4 is 20.3 Å². The molecule has 6 heteroatoms. The number of pyridine rings is 1. The summed E-state index contributed by atoms with van der Waals surface area (Å²) in [5.41, 5.74) is 2.31. The summed E-state index contributed by atoms with van der Waals surface area (Å²) in [5, 5.41) is 6.73. The molecule has 0 saturated carbocycles. The lowest BCUT2D eigenvalue weighted by Gasteiger charge is -2.21. The predicted octanol–water partition coefficient (Wildman–Crippen LogP) is 3.77. The highest BCUT2D eigenvalue weighted by atomic mass is 16.5. The molecule has 2 heterocycles. The van der Waals surface area contributed by atoms with E-state index in [4.69, 9.17) is 14.7 Å². The van der Waals surface area contributed by atoms with Gasteiger partial charge in [0.2, 0.25) is 0 Å². The molecule has 0 amide bonds. The molecular formula is C24H35N5O. The van der Waals surface area contributed by atoms with Crippen LogP contribution in [0.4, 0.5) is 5.82 Å². The van der Waals surface area contributed by atoms with Gasteiger partial charge < -0.3 is 20.3 Å². The van der Waals surface area contributed by atoms with Gasteiger partial charge in [-0.05, 0) is 49.4 Å². The number of guanidine groups is 1. The van der Waals surface area contributed by atoms with Crippen molar-refractivity contribution < 1.29 is 4.74 Å². The zero-order valence-corrected chi connectivity index (χ0v) is 18.4. The number of hydrogen-bond acceptors (Lipinski definition) is 4. The molecule has 30 heavy (non-hydrogen) atoms. The van der Waals surface area contributed by atoms with E-state index in [0.717, 1.165) is 55.7 Å². The van der Waals surface area contributed by atoms with Crippen molar-refractivity contribution in [1.82, 2.24) is 15.6 Å². The summed E-state index contributed by atoms with van der Waals surface area (Å²) in [5.74, 6) is 2.84. The molecule has 1 fully saturated rings. The molecule has 0 aliphatic carbocycles. The second-order valence-electron chi connectivity index (χ2n) is 7.61. The van der Waals surface area contributed by atoms with Crippen LogP contribution in [-0.4, -0.2) is 44.2 Å². The molecule has 6 nitrogen and oxygen atoms in total. The number of nitrogens with one attached hydrogen (secondary N) is 2. The lowest BCUT2D eigenvalue weighted by molar-refractivity contribution is 0.409. The number of hydrogen-bond donors (Lipinski definition) is 2. The first kappa shape index (κ1) is 21.9. The Kier molecular flexibility index (Phi) is 8.81.